The van der Waals surface area contributed by atoms with Gasteiger partial charge < -0.3 is 0 Å². The first-order chi connectivity index (χ1) is 8.70. The van der Waals surface area contributed by atoms with E-state index >= 15 is 0 Å². The highest BCUT2D eigenvalue weighted by atomic mass is 79.9. The van der Waals surface area contributed by atoms with Gasteiger partial charge in [0.05, 0.1) is 23.0 Å². The maximum absolute atomic E-state index is 12.1. The number of nitrogens with zero attached hydrogens (tertiary/aromatic N) is 2. The summed E-state index contributed by atoms with van der Waals surface area (Å²) in [5, 5.41) is 11.9. The Balaban J connectivity index is 2.08. The summed E-state index contributed by atoms with van der Waals surface area (Å²) in [6.07, 6.45) is 2.26. The number of rotatable bonds is 2. The standard InChI is InChI=1S/C13H10BrN3O/c14-11-12(9-3-4-9)16-17(13(11)18)10-5-1-8(7-15)2-6-10/h1-2,5-6,9,16H,3-4H2. The maximum Gasteiger partial charge on any atom is 0.285 e. The number of nitriles is 1. The minimum Gasteiger partial charge on any atom is -0.294 e. The van der Waals surface area contributed by atoms with Gasteiger partial charge in [-0.05, 0) is 53.0 Å². The van der Waals surface area contributed by atoms with Gasteiger partial charge in [0.15, 0.2) is 0 Å². The van der Waals surface area contributed by atoms with Gasteiger partial charge in [0, 0.05) is 5.92 Å². The molecule has 2 aromatic rings. The van der Waals surface area contributed by atoms with Crippen molar-refractivity contribution in [2.45, 2.75) is 18.8 Å². The zero-order valence-corrected chi connectivity index (χ0v) is 11.1. The third-order valence-electron chi connectivity index (χ3n) is 3.10. The maximum atomic E-state index is 12.1. The van der Waals surface area contributed by atoms with E-state index < -0.39 is 0 Å². The predicted molar refractivity (Wildman–Crippen MR) is 70.8 cm³/mol. The molecule has 1 fully saturated rings. The van der Waals surface area contributed by atoms with Crippen LogP contribution in [0.25, 0.3) is 5.69 Å². The van der Waals surface area contributed by atoms with Crippen molar-refractivity contribution in [1.29, 1.82) is 5.26 Å². The number of halogens is 1. The number of nitrogens with one attached hydrogen (secondary N) is 1. The molecule has 5 heteroatoms. The lowest BCUT2D eigenvalue weighted by atomic mass is 10.2. The van der Waals surface area contributed by atoms with Crippen molar-refractivity contribution >= 4 is 15.9 Å². The molecule has 0 bridgehead atoms. The van der Waals surface area contributed by atoms with Gasteiger partial charge in [-0.1, -0.05) is 0 Å². The van der Waals surface area contributed by atoms with Crippen LogP contribution in [0.1, 0.15) is 30.0 Å². The normalized spacial score (nSPS) is 14.4. The van der Waals surface area contributed by atoms with Crippen molar-refractivity contribution < 1.29 is 0 Å². The third-order valence-corrected chi connectivity index (χ3v) is 3.87. The van der Waals surface area contributed by atoms with Crippen LogP contribution in [0.5, 0.6) is 0 Å². The molecule has 90 valence electrons. The van der Waals surface area contributed by atoms with Crippen LogP contribution >= 0.6 is 15.9 Å². The fourth-order valence-corrected chi connectivity index (χ4v) is 2.53. The van der Waals surface area contributed by atoms with E-state index in [0.29, 0.717) is 16.0 Å². The van der Waals surface area contributed by atoms with Crippen molar-refractivity contribution in [3.05, 3.63) is 50.3 Å². The molecule has 0 saturated heterocycles. The number of aromatic nitrogens is 2. The summed E-state index contributed by atoms with van der Waals surface area (Å²) in [7, 11) is 0. The summed E-state index contributed by atoms with van der Waals surface area (Å²) >= 11 is 3.35. The zero-order valence-electron chi connectivity index (χ0n) is 9.48. The second kappa shape index (κ2) is 4.14. The predicted octanol–water partition coefficient (Wildman–Crippen LogP) is 2.68. The molecule has 0 amide bonds. The highest BCUT2D eigenvalue weighted by Gasteiger charge is 2.29. The fraction of sp³-hybridized carbons (Fsp3) is 0.231. The van der Waals surface area contributed by atoms with Crippen molar-refractivity contribution in [3.63, 3.8) is 0 Å². The molecule has 0 unspecified atom stereocenters. The number of aromatic amines is 1. The van der Waals surface area contributed by atoms with Crippen LogP contribution in [0, 0.1) is 11.3 Å². The van der Waals surface area contributed by atoms with Gasteiger partial charge >= 0.3 is 0 Å². The Labute approximate surface area is 112 Å². The van der Waals surface area contributed by atoms with Gasteiger partial charge in [0.2, 0.25) is 0 Å². The van der Waals surface area contributed by atoms with Crippen LogP contribution in [0.2, 0.25) is 0 Å². The molecule has 1 heterocycles. The highest BCUT2D eigenvalue weighted by Crippen LogP contribution is 2.41. The Hall–Kier alpha value is -1.80. The molecular weight excluding hydrogens is 294 g/mol. The zero-order chi connectivity index (χ0) is 12.7. The molecule has 1 aromatic heterocycles. The third kappa shape index (κ3) is 1.79. The quantitative estimate of drug-likeness (QED) is 0.927. The summed E-state index contributed by atoms with van der Waals surface area (Å²) in [5.41, 5.74) is 2.22. The monoisotopic (exact) mass is 303 g/mol. The smallest absolute Gasteiger partial charge is 0.285 e. The molecule has 18 heavy (non-hydrogen) atoms. The van der Waals surface area contributed by atoms with E-state index in [-0.39, 0.29) is 5.56 Å². The van der Waals surface area contributed by atoms with Crippen LogP contribution in [0.3, 0.4) is 0 Å². The summed E-state index contributed by atoms with van der Waals surface area (Å²) in [4.78, 5) is 12.1. The Morgan fingerprint density at radius 1 is 1.33 bits per heavy atom. The van der Waals surface area contributed by atoms with Crippen molar-refractivity contribution in [1.82, 2.24) is 9.78 Å². The van der Waals surface area contributed by atoms with E-state index in [1.54, 1.807) is 24.3 Å². The van der Waals surface area contributed by atoms with Crippen molar-refractivity contribution in [2.24, 2.45) is 0 Å². The first-order valence-electron chi connectivity index (χ1n) is 5.71. The molecule has 1 N–H and O–H groups in total. The lowest BCUT2D eigenvalue weighted by molar-refractivity contribution is 0.816. The summed E-state index contributed by atoms with van der Waals surface area (Å²) in [5.74, 6) is 0.478. The van der Waals surface area contributed by atoms with Gasteiger partial charge in [-0.2, -0.15) is 5.26 Å². The minimum atomic E-state index is -0.0818. The van der Waals surface area contributed by atoms with E-state index in [1.807, 2.05) is 0 Å². The Morgan fingerprint density at radius 3 is 2.56 bits per heavy atom. The highest BCUT2D eigenvalue weighted by molar-refractivity contribution is 9.10. The molecule has 1 aliphatic carbocycles. The molecular formula is C13H10BrN3O. The second-order valence-corrected chi connectivity index (χ2v) is 5.21. The van der Waals surface area contributed by atoms with E-state index in [2.05, 4.69) is 27.1 Å². The lowest BCUT2D eigenvalue weighted by Crippen LogP contribution is -2.14. The second-order valence-electron chi connectivity index (χ2n) is 4.41. The van der Waals surface area contributed by atoms with Gasteiger partial charge in [0.25, 0.3) is 5.56 Å². The average molecular weight is 304 g/mol. The SMILES string of the molecule is N#Cc1ccc(-n2[nH]c(C3CC3)c(Br)c2=O)cc1. The largest absolute Gasteiger partial charge is 0.294 e. The topological polar surface area (TPSA) is 61.6 Å². The molecule has 0 radical (unpaired) electrons. The number of hydrogen-bond acceptors (Lipinski definition) is 2. The van der Waals surface area contributed by atoms with Gasteiger partial charge in [0.1, 0.15) is 4.47 Å². The Bertz CT molecular complexity index is 687. The van der Waals surface area contributed by atoms with Crippen LogP contribution in [-0.2, 0) is 0 Å². The summed E-state index contributed by atoms with van der Waals surface area (Å²) in [6, 6.07) is 8.99. The number of hydrogen-bond donors (Lipinski definition) is 1. The van der Waals surface area contributed by atoms with Crippen LogP contribution in [-0.4, -0.2) is 9.78 Å². The van der Waals surface area contributed by atoms with E-state index in [0.717, 1.165) is 24.2 Å². The van der Waals surface area contributed by atoms with Crippen molar-refractivity contribution in [2.75, 3.05) is 0 Å². The Kier molecular flexibility index (Phi) is 2.60. The first kappa shape index (κ1) is 11.3. The number of benzene rings is 1. The first-order valence-corrected chi connectivity index (χ1v) is 6.51. The molecule has 1 aromatic carbocycles. The van der Waals surface area contributed by atoms with Crippen LogP contribution in [0.4, 0.5) is 0 Å². The van der Waals surface area contributed by atoms with Gasteiger partial charge in [-0.3, -0.25) is 9.89 Å². The van der Waals surface area contributed by atoms with Gasteiger partial charge in [-0.25, -0.2) is 4.68 Å². The molecule has 1 saturated carbocycles. The average Bonchev–Trinajstić information content (AvgIpc) is 3.19. The van der Waals surface area contributed by atoms with E-state index in [9.17, 15) is 4.79 Å². The van der Waals surface area contributed by atoms with E-state index in [1.165, 1.54) is 4.68 Å². The fourth-order valence-electron chi connectivity index (χ4n) is 1.94. The summed E-state index contributed by atoms with van der Waals surface area (Å²) < 4.78 is 2.13. The molecule has 0 spiro atoms. The molecule has 0 aliphatic heterocycles. The van der Waals surface area contributed by atoms with Crippen LogP contribution in [0.15, 0.2) is 33.5 Å². The van der Waals surface area contributed by atoms with Crippen molar-refractivity contribution in [3.8, 4) is 11.8 Å². The van der Waals surface area contributed by atoms with E-state index in [4.69, 9.17) is 5.26 Å². The van der Waals surface area contributed by atoms with Gasteiger partial charge in [-0.15, -0.1) is 0 Å². The minimum absolute atomic E-state index is 0.0818. The summed E-state index contributed by atoms with van der Waals surface area (Å²) in [6.45, 7) is 0. The van der Waals surface area contributed by atoms with Crippen LogP contribution < -0.4 is 5.56 Å². The Morgan fingerprint density at radius 2 is 2.00 bits per heavy atom. The number of H-pyrrole nitrogens is 1. The molecule has 1 aliphatic rings. The molecule has 0 atom stereocenters. The lowest BCUT2D eigenvalue weighted by Gasteiger charge is -2.01. The molecule has 4 nitrogen and oxygen atoms in total. The molecule has 3 rings (SSSR count).